The highest BCUT2D eigenvalue weighted by molar-refractivity contribution is 7.92. The monoisotopic (exact) mass is 603 g/mol. The lowest BCUT2D eigenvalue weighted by molar-refractivity contribution is -0.137. The normalized spacial score (nSPS) is 15.1. The van der Waals surface area contributed by atoms with E-state index in [1.54, 1.807) is 12.1 Å². The molecule has 0 atom stereocenters. The first-order chi connectivity index (χ1) is 19.1. The molecule has 3 heterocycles. The van der Waals surface area contributed by atoms with Gasteiger partial charge in [0, 0.05) is 35.4 Å². The second-order valence-corrected chi connectivity index (χ2v) is 12.1. The number of fused-ring (bicyclic) bond motifs is 1. The Labute approximate surface area is 242 Å². The van der Waals surface area contributed by atoms with Crippen LogP contribution in [0.2, 0.25) is 10.0 Å². The third-order valence-corrected chi connectivity index (χ3v) is 8.67. The Hall–Kier alpha value is -3.38. The molecule has 2 aliphatic heterocycles. The van der Waals surface area contributed by atoms with Crippen LogP contribution in [0.5, 0.6) is 0 Å². The topological polar surface area (TPSA) is 105 Å². The van der Waals surface area contributed by atoms with Crippen LogP contribution in [-0.2, 0) is 30.7 Å². The second-order valence-electron chi connectivity index (χ2n) is 9.36. The molecular formula is C27H27Cl2N5O5S. The molecule has 13 heteroatoms. The van der Waals surface area contributed by atoms with Crippen molar-refractivity contribution < 1.29 is 22.7 Å². The maximum absolute atomic E-state index is 13.7. The molecule has 0 N–H and O–H groups in total. The van der Waals surface area contributed by atoms with Crippen LogP contribution in [0.4, 0.5) is 23.0 Å². The third kappa shape index (κ3) is 6.02. The average Bonchev–Trinajstić information content (AvgIpc) is 3.34. The standard InChI is InChI=1S/C27H27Cl2N5O5S/c1-18(2)39-27(35)17-34(40(36,37)23-15-20(28)14-21(29)16-23)22-3-4-24-19(13-22)7-8-33(24)26-6-5-25(30-31-26)32-9-11-38-12-10-32/h3-6,13-16H,1,7-12,17H2,2H3. The largest absolute Gasteiger partial charge is 0.431 e. The number of sulfonamides is 1. The molecule has 0 aliphatic carbocycles. The van der Waals surface area contributed by atoms with Crippen molar-refractivity contribution >= 4 is 62.2 Å². The molecule has 2 aromatic carbocycles. The van der Waals surface area contributed by atoms with E-state index >= 15 is 0 Å². The van der Waals surface area contributed by atoms with Crippen LogP contribution in [-0.4, -0.2) is 64.0 Å². The fourth-order valence-electron chi connectivity index (χ4n) is 4.67. The molecular weight excluding hydrogens is 577 g/mol. The summed E-state index contributed by atoms with van der Waals surface area (Å²) in [6, 6.07) is 13.1. The molecule has 0 saturated carbocycles. The van der Waals surface area contributed by atoms with Gasteiger partial charge in [-0.1, -0.05) is 29.8 Å². The molecule has 0 radical (unpaired) electrons. The zero-order chi connectivity index (χ0) is 28.4. The molecule has 3 aromatic rings. The van der Waals surface area contributed by atoms with Crippen LogP contribution in [0, 0.1) is 0 Å². The minimum absolute atomic E-state index is 0.147. The van der Waals surface area contributed by atoms with Crippen molar-refractivity contribution in [2.24, 2.45) is 0 Å². The lowest BCUT2D eigenvalue weighted by atomic mass is 10.1. The van der Waals surface area contributed by atoms with Gasteiger partial charge in [-0.25, -0.2) is 13.2 Å². The number of rotatable bonds is 8. The first-order valence-electron chi connectivity index (χ1n) is 12.5. The summed E-state index contributed by atoms with van der Waals surface area (Å²) in [5.74, 6) is 0.859. The number of carbonyl (C=O) groups is 1. The number of esters is 1. The van der Waals surface area contributed by atoms with Crippen molar-refractivity contribution in [3.8, 4) is 0 Å². The van der Waals surface area contributed by atoms with Gasteiger partial charge in [0.2, 0.25) is 0 Å². The Morgan fingerprint density at radius 2 is 1.70 bits per heavy atom. The van der Waals surface area contributed by atoms with Crippen molar-refractivity contribution in [2.75, 3.05) is 53.5 Å². The molecule has 1 fully saturated rings. The molecule has 0 unspecified atom stereocenters. The number of carbonyl (C=O) groups excluding carboxylic acids is 1. The Balaban J connectivity index is 1.45. The van der Waals surface area contributed by atoms with Crippen LogP contribution < -0.4 is 14.1 Å². The molecule has 0 spiro atoms. The number of ether oxygens (including phenoxy) is 2. The summed E-state index contributed by atoms with van der Waals surface area (Å²) in [6.45, 7) is 7.99. The van der Waals surface area contributed by atoms with Crippen molar-refractivity contribution in [1.82, 2.24) is 10.2 Å². The Bertz CT molecular complexity index is 1530. The summed E-state index contributed by atoms with van der Waals surface area (Å²) in [5, 5.41) is 9.17. The summed E-state index contributed by atoms with van der Waals surface area (Å²) in [5.41, 5.74) is 2.07. The van der Waals surface area contributed by atoms with Crippen molar-refractivity contribution in [1.29, 1.82) is 0 Å². The van der Waals surface area contributed by atoms with Gasteiger partial charge < -0.3 is 19.3 Å². The number of nitrogens with zero attached hydrogens (tertiary/aromatic N) is 5. The Morgan fingerprint density at radius 1 is 1.02 bits per heavy atom. The van der Waals surface area contributed by atoms with Crippen LogP contribution in [0.25, 0.3) is 0 Å². The molecule has 2 aliphatic rings. The SMILES string of the molecule is C=C(C)OC(=O)CN(c1ccc2c(c1)CCN2c1ccc(N2CCOCC2)nn1)S(=O)(=O)c1cc(Cl)cc(Cl)c1. The summed E-state index contributed by atoms with van der Waals surface area (Å²) in [4.78, 5) is 16.6. The summed E-state index contributed by atoms with van der Waals surface area (Å²) < 4.78 is 39.0. The van der Waals surface area contributed by atoms with Gasteiger partial charge in [0.1, 0.15) is 6.54 Å². The van der Waals surface area contributed by atoms with Gasteiger partial charge in [0.25, 0.3) is 10.0 Å². The Kier molecular flexibility index (Phi) is 8.18. The van der Waals surface area contributed by atoms with E-state index in [9.17, 15) is 13.2 Å². The third-order valence-electron chi connectivity index (χ3n) is 6.48. The van der Waals surface area contributed by atoms with Gasteiger partial charge in [0.05, 0.1) is 29.6 Å². The summed E-state index contributed by atoms with van der Waals surface area (Å²) in [7, 11) is -4.24. The highest BCUT2D eigenvalue weighted by Gasteiger charge is 2.31. The fourth-order valence-corrected chi connectivity index (χ4v) is 6.80. The van der Waals surface area contributed by atoms with E-state index in [0.29, 0.717) is 37.7 Å². The van der Waals surface area contributed by atoms with Gasteiger partial charge in [-0.15, -0.1) is 10.2 Å². The van der Waals surface area contributed by atoms with E-state index in [1.807, 2.05) is 23.1 Å². The lowest BCUT2D eigenvalue weighted by Crippen LogP contribution is -2.36. The van der Waals surface area contributed by atoms with E-state index in [-0.39, 0.29) is 20.7 Å². The van der Waals surface area contributed by atoms with Gasteiger partial charge in [0.15, 0.2) is 11.6 Å². The number of allylic oxidation sites excluding steroid dienone is 1. The first kappa shape index (κ1) is 28.2. The predicted octanol–water partition coefficient (Wildman–Crippen LogP) is 4.59. The molecule has 5 rings (SSSR count). The number of hydrogen-bond donors (Lipinski definition) is 0. The first-order valence-corrected chi connectivity index (χ1v) is 14.7. The molecule has 10 nitrogen and oxygen atoms in total. The smallest absolute Gasteiger partial charge is 0.331 e. The number of anilines is 4. The maximum Gasteiger partial charge on any atom is 0.331 e. The van der Waals surface area contributed by atoms with Crippen molar-refractivity contribution in [2.45, 2.75) is 18.2 Å². The number of benzene rings is 2. The summed E-state index contributed by atoms with van der Waals surface area (Å²) in [6.07, 6.45) is 0.642. The Morgan fingerprint density at radius 3 is 2.35 bits per heavy atom. The molecule has 40 heavy (non-hydrogen) atoms. The lowest BCUT2D eigenvalue weighted by Gasteiger charge is -2.27. The van der Waals surface area contributed by atoms with Gasteiger partial charge in [-0.05, 0) is 67.4 Å². The highest BCUT2D eigenvalue weighted by atomic mass is 35.5. The van der Waals surface area contributed by atoms with E-state index < -0.39 is 22.5 Å². The highest BCUT2D eigenvalue weighted by Crippen LogP contribution is 2.37. The zero-order valence-electron chi connectivity index (χ0n) is 21.7. The zero-order valence-corrected chi connectivity index (χ0v) is 24.0. The second kappa shape index (κ2) is 11.6. The van der Waals surface area contributed by atoms with Crippen molar-refractivity contribution in [3.63, 3.8) is 0 Å². The van der Waals surface area contributed by atoms with E-state index in [4.69, 9.17) is 32.7 Å². The van der Waals surface area contributed by atoms with Gasteiger partial charge >= 0.3 is 5.97 Å². The van der Waals surface area contributed by atoms with E-state index in [1.165, 1.54) is 25.1 Å². The van der Waals surface area contributed by atoms with Crippen LogP contribution in [0.15, 0.2) is 65.8 Å². The molecule has 0 amide bonds. The number of hydrogen-bond acceptors (Lipinski definition) is 9. The maximum atomic E-state index is 13.7. The number of morpholine rings is 1. The van der Waals surface area contributed by atoms with Gasteiger partial charge in [-0.2, -0.15) is 0 Å². The molecule has 1 aromatic heterocycles. The van der Waals surface area contributed by atoms with Crippen LogP contribution >= 0.6 is 23.2 Å². The molecule has 210 valence electrons. The minimum atomic E-state index is -4.24. The quantitative estimate of drug-likeness (QED) is 0.270. The average molecular weight is 605 g/mol. The van der Waals surface area contributed by atoms with Crippen LogP contribution in [0.1, 0.15) is 12.5 Å². The summed E-state index contributed by atoms with van der Waals surface area (Å²) >= 11 is 12.2. The number of aromatic nitrogens is 2. The predicted molar refractivity (Wildman–Crippen MR) is 154 cm³/mol. The number of halogens is 2. The molecule has 0 bridgehead atoms. The van der Waals surface area contributed by atoms with E-state index in [2.05, 4.69) is 21.7 Å². The fraction of sp³-hybridized carbons (Fsp3) is 0.296. The van der Waals surface area contributed by atoms with Crippen LogP contribution in [0.3, 0.4) is 0 Å². The van der Waals surface area contributed by atoms with Crippen molar-refractivity contribution in [3.05, 3.63) is 76.5 Å². The molecule has 1 saturated heterocycles. The van der Waals surface area contributed by atoms with Gasteiger partial charge in [-0.3, -0.25) is 4.31 Å². The minimum Gasteiger partial charge on any atom is -0.431 e. The van der Waals surface area contributed by atoms with E-state index in [0.717, 1.165) is 34.5 Å².